The first kappa shape index (κ1) is 32.8. The van der Waals surface area contributed by atoms with Crippen molar-refractivity contribution in [1.29, 1.82) is 0 Å². The first-order valence-electron chi connectivity index (χ1n) is 13.5. The highest BCUT2D eigenvalue weighted by Crippen LogP contribution is 2.44. The van der Waals surface area contributed by atoms with E-state index in [1.165, 1.54) is 44.8 Å². The molecule has 1 aliphatic heterocycles. The minimum atomic E-state index is -0.751. The zero-order valence-corrected chi connectivity index (χ0v) is 26.0. The molecule has 0 atom stereocenters. The van der Waals surface area contributed by atoms with Crippen LogP contribution in [0.5, 0.6) is 11.5 Å². The Kier molecular flexibility index (Phi) is 11.7. The summed E-state index contributed by atoms with van der Waals surface area (Å²) < 4.78 is 25.7. The lowest BCUT2D eigenvalue weighted by atomic mass is 10.1. The van der Waals surface area contributed by atoms with Gasteiger partial charge in [0.2, 0.25) is 5.95 Å². The van der Waals surface area contributed by atoms with E-state index in [0.717, 1.165) is 38.4 Å². The summed E-state index contributed by atoms with van der Waals surface area (Å²) in [6, 6.07) is 4.73. The molecule has 0 saturated carbocycles. The Morgan fingerprint density at radius 2 is 1.67 bits per heavy atom. The van der Waals surface area contributed by atoms with Crippen LogP contribution in [0, 0.1) is 17.0 Å². The maximum atomic E-state index is 15.3. The van der Waals surface area contributed by atoms with Gasteiger partial charge in [-0.05, 0) is 25.6 Å². The zero-order chi connectivity index (χ0) is 31.0. The highest BCUT2D eigenvalue weighted by molar-refractivity contribution is 6.39. The van der Waals surface area contributed by atoms with Crippen molar-refractivity contribution < 1.29 is 18.8 Å². The van der Waals surface area contributed by atoms with Gasteiger partial charge < -0.3 is 24.6 Å². The number of benzene rings is 2. The average molecular weight is 622 g/mol. The fraction of sp³-hybridized carbons (Fsp3) is 0.379. The third-order valence-corrected chi connectivity index (χ3v) is 7.54. The highest BCUT2D eigenvalue weighted by atomic mass is 35.5. The second-order valence-corrected chi connectivity index (χ2v) is 9.78. The van der Waals surface area contributed by atoms with Gasteiger partial charge in [0.15, 0.2) is 0 Å². The van der Waals surface area contributed by atoms with Crippen LogP contribution in [-0.2, 0) is 0 Å². The van der Waals surface area contributed by atoms with Crippen molar-refractivity contribution >= 4 is 58.1 Å². The molecule has 13 heteroatoms. The molecule has 226 valence electrons. The molecule has 0 radical (unpaired) electrons. The summed E-state index contributed by atoms with van der Waals surface area (Å²) in [5.74, 6) is -0.234. The van der Waals surface area contributed by atoms with Gasteiger partial charge in [-0.1, -0.05) is 44.0 Å². The van der Waals surface area contributed by atoms with Gasteiger partial charge in [0.1, 0.15) is 23.0 Å². The number of anilines is 3. The lowest BCUT2D eigenvalue weighted by Crippen LogP contribution is -2.46. The van der Waals surface area contributed by atoms with Crippen LogP contribution in [0.25, 0.3) is 11.9 Å². The van der Waals surface area contributed by atoms with Crippen LogP contribution >= 0.6 is 23.2 Å². The smallest absolute Gasteiger partial charge is 0.293 e. The molecular formula is C29H35Cl2FN6O4. The molecule has 2 aromatic carbocycles. The maximum absolute atomic E-state index is 15.3. The van der Waals surface area contributed by atoms with Gasteiger partial charge in [-0.2, -0.15) is 0 Å². The molecule has 42 heavy (non-hydrogen) atoms. The Morgan fingerprint density at radius 1 is 1.10 bits per heavy atom. The molecule has 1 aliphatic rings. The number of nitro benzene ring substituents is 1. The lowest BCUT2D eigenvalue weighted by Gasteiger charge is -2.36. The average Bonchev–Trinajstić information content (AvgIpc) is 3.00. The largest absolute Gasteiger partial charge is 0.495 e. The molecule has 3 aromatic rings. The van der Waals surface area contributed by atoms with Crippen molar-refractivity contribution in [2.24, 2.45) is 0 Å². The summed E-state index contributed by atoms with van der Waals surface area (Å²) in [5.41, 5.74) is 2.05. The number of nitrogens with zero attached hydrogens (tertiary/aromatic N) is 5. The van der Waals surface area contributed by atoms with Gasteiger partial charge in [-0.15, -0.1) is 0 Å². The molecule has 4 rings (SSSR count). The van der Waals surface area contributed by atoms with Crippen LogP contribution in [-0.4, -0.2) is 66.7 Å². The molecule has 0 aliphatic carbocycles. The number of aromatic nitrogens is 2. The molecule has 0 bridgehead atoms. The molecule has 0 unspecified atom stereocenters. The number of rotatable bonds is 9. The second kappa shape index (κ2) is 15.0. The van der Waals surface area contributed by atoms with E-state index in [0.29, 0.717) is 16.8 Å². The van der Waals surface area contributed by atoms with E-state index in [1.807, 2.05) is 20.8 Å². The predicted octanol–water partition coefficient (Wildman–Crippen LogP) is 7.40. The summed E-state index contributed by atoms with van der Waals surface area (Å²) in [6.45, 7) is 12.4. The Balaban J connectivity index is 0.00000237. The molecule has 10 nitrogen and oxygen atoms in total. The van der Waals surface area contributed by atoms with Crippen LogP contribution in [0.15, 0.2) is 30.6 Å². The Bertz CT molecular complexity index is 1400. The Hall–Kier alpha value is -3.67. The van der Waals surface area contributed by atoms with E-state index in [4.69, 9.17) is 32.7 Å². The van der Waals surface area contributed by atoms with Crippen LogP contribution < -0.4 is 19.7 Å². The molecule has 0 amide bonds. The summed E-state index contributed by atoms with van der Waals surface area (Å²) in [5, 5.41) is 14.8. The number of nitro groups is 1. The molecule has 1 fully saturated rings. The number of hydrogen-bond donors (Lipinski definition) is 1. The van der Waals surface area contributed by atoms with Gasteiger partial charge in [0.05, 0.1) is 34.8 Å². The first-order chi connectivity index (χ1) is 20.2. The topological polar surface area (TPSA) is 106 Å². The van der Waals surface area contributed by atoms with Crippen molar-refractivity contribution in [3.63, 3.8) is 0 Å². The van der Waals surface area contributed by atoms with Crippen molar-refractivity contribution in [1.82, 2.24) is 14.9 Å². The third-order valence-electron chi connectivity index (χ3n) is 6.79. The quantitative estimate of drug-likeness (QED) is 0.193. The number of hydrogen-bond acceptors (Lipinski definition) is 9. The zero-order valence-electron chi connectivity index (χ0n) is 24.5. The van der Waals surface area contributed by atoms with Crippen molar-refractivity contribution in [2.45, 2.75) is 27.7 Å². The second-order valence-electron chi connectivity index (χ2n) is 9.02. The van der Waals surface area contributed by atoms with Gasteiger partial charge in [-0.3, -0.25) is 10.1 Å². The third kappa shape index (κ3) is 7.21. The fourth-order valence-corrected chi connectivity index (χ4v) is 5.23. The Labute approximate surface area is 255 Å². The van der Waals surface area contributed by atoms with Crippen LogP contribution in [0.2, 0.25) is 10.0 Å². The van der Waals surface area contributed by atoms with E-state index in [-0.39, 0.29) is 38.7 Å². The maximum Gasteiger partial charge on any atom is 0.293 e. The minimum absolute atomic E-state index is 0.0139. The SMILES string of the molecule is CC.CCN1CCN(c2ccc([N+](=O)[O-])c(Nc3ncc(/C=C(\F)c4c(Cl)c(OC)cc(OC)c4Cl)cn3)c2C)CC1. The van der Waals surface area contributed by atoms with Crippen LogP contribution in [0.4, 0.5) is 27.4 Å². The number of ether oxygens (including phenoxy) is 2. The van der Waals surface area contributed by atoms with Crippen molar-refractivity contribution in [2.75, 3.05) is 57.2 Å². The lowest BCUT2D eigenvalue weighted by molar-refractivity contribution is -0.383. The van der Waals surface area contributed by atoms with E-state index in [9.17, 15) is 10.1 Å². The highest BCUT2D eigenvalue weighted by Gasteiger charge is 2.24. The number of piperazine rings is 1. The molecule has 1 aromatic heterocycles. The summed E-state index contributed by atoms with van der Waals surface area (Å²) in [4.78, 5) is 24.4. The number of methoxy groups -OCH3 is 2. The van der Waals surface area contributed by atoms with Crippen LogP contribution in [0.1, 0.15) is 37.5 Å². The van der Waals surface area contributed by atoms with E-state index in [1.54, 1.807) is 6.07 Å². The van der Waals surface area contributed by atoms with E-state index in [2.05, 4.69) is 32.0 Å². The fourth-order valence-electron chi connectivity index (χ4n) is 4.55. The van der Waals surface area contributed by atoms with E-state index >= 15 is 4.39 Å². The summed E-state index contributed by atoms with van der Waals surface area (Å²) in [7, 11) is 2.79. The molecule has 2 heterocycles. The predicted molar refractivity (Wildman–Crippen MR) is 167 cm³/mol. The molecule has 0 spiro atoms. The standard InChI is InChI=1S/C27H29Cl2FN6O4.C2H6/c1-5-34-8-10-35(11-9-34)19-6-7-20(36(37)38)26(16(19)2)33-27-31-14-17(15-32-27)12-18(30)23-24(28)21(39-3)13-22(40-4)25(23)29;1-2/h6-7,12-15H,5,8-11H2,1-4H3,(H,31,32,33);1-2H3/b18-12-;. The number of likely N-dealkylation sites (N-methyl/N-ethyl adjacent to an activating group) is 1. The molecular weight excluding hydrogens is 586 g/mol. The van der Waals surface area contributed by atoms with Gasteiger partial charge >= 0.3 is 0 Å². The van der Waals surface area contributed by atoms with Gasteiger partial charge in [-0.25, -0.2) is 14.4 Å². The van der Waals surface area contributed by atoms with Crippen molar-refractivity contribution in [3.8, 4) is 11.5 Å². The number of nitrogens with one attached hydrogen (secondary N) is 1. The number of halogens is 3. The summed E-state index contributed by atoms with van der Waals surface area (Å²) in [6.07, 6.45) is 3.92. The van der Waals surface area contributed by atoms with E-state index < -0.39 is 10.8 Å². The first-order valence-corrected chi connectivity index (χ1v) is 14.3. The molecule has 1 N–H and O–H groups in total. The normalized spacial score (nSPS) is 13.7. The molecule has 1 saturated heterocycles. The van der Waals surface area contributed by atoms with Crippen LogP contribution in [0.3, 0.4) is 0 Å². The Morgan fingerprint density at radius 3 is 2.17 bits per heavy atom. The monoisotopic (exact) mass is 620 g/mol. The van der Waals surface area contributed by atoms with Gasteiger partial charge in [0.25, 0.3) is 5.69 Å². The van der Waals surface area contributed by atoms with Gasteiger partial charge in [0, 0.05) is 67.5 Å². The van der Waals surface area contributed by atoms with Crippen molar-refractivity contribution in [3.05, 3.63) is 67.4 Å². The summed E-state index contributed by atoms with van der Waals surface area (Å²) >= 11 is 12.6. The minimum Gasteiger partial charge on any atom is -0.495 e.